The van der Waals surface area contributed by atoms with E-state index in [1.165, 1.54) is 18.2 Å². The van der Waals surface area contributed by atoms with E-state index in [-0.39, 0.29) is 17.2 Å². The fraction of sp³-hybridized carbons (Fsp3) is 0.143. The molecule has 5 nitrogen and oxygen atoms in total. The van der Waals surface area contributed by atoms with Gasteiger partial charge in [-0.15, -0.1) is 0 Å². The lowest BCUT2D eigenvalue weighted by Crippen LogP contribution is -1.89. The van der Waals surface area contributed by atoms with E-state index in [0.717, 1.165) is 0 Å². The van der Waals surface area contributed by atoms with Crippen LogP contribution in [0, 0.1) is 13.8 Å². The average Bonchev–Trinajstić information content (AvgIpc) is 2.37. The van der Waals surface area contributed by atoms with Crippen LogP contribution in [0.4, 0.5) is 0 Å². The van der Waals surface area contributed by atoms with Gasteiger partial charge in [0.1, 0.15) is 17.2 Å². The number of phenolic OH excluding ortho intramolecular Hbond substituents is 2. The molecule has 0 aliphatic rings. The van der Waals surface area contributed by atoms with Crippen molar-refractivity contribution >= 4 is 18.2 Å². The van der Waals surface area contributed by atoms with Crippen LogP contribution in [0.15, 0.2) is 41.3 Å². The molecule has 1 atom stereocenters. The van der Waals surface area contributed by atoms with Crippen LogP contribution in [0.25, 0.3) is 0 Å². The standard InChI is InChI=1S/C14H15O5PS/c1-9-3-5-11(7-13(9)15)19-20(17,18)21-12-6-4-10(2)14(16)8-12/h3-8,15-16H,1-2H3,(H,17,18). The fourth-order valence-corrected chi connectivity index (χ4v) is 4.06. The van der Waals surface area contributed by atoms with Crippen molar-refractivity contribution in [3.63, 3.8) is 0 Å². The normalized spacial score (nSPS) is 13.7. The zero-order chi connectivity index (χ0) is 15.6. The summed E-state index contributed by atoms with van der Waals surface area (Å²) in [5.74, 6) is 0.145. The highest BCUT2D eigenvalue weighted by Crippen LogP contribution is 2.59. The zero-order valence-corrected chi connectivity index (χ0v) is 13.2. The van der Waals surface area contributed by atoms with Crippen LogP contribution in [-0.2, 0) is 4.57 Å². The Hall–Kier alpha value is -1.62. The van der Waals surface area contributed by atoms with Gasteiger partial charge in [-0.3, -0.25) is 0 Å². The van der Waals surface area contributed by atoms with Crippen LogP contribution in [0.3, 0.4) is 0 Å². The van der Waals surface area contributed by atoms with Crippen LogP contribution in [0.1, 0.15) is 11.1 Å². The Morgan fingerprint density at radius 2 is 1.57 bits per heavy atom. The lowest BCUT2D eigenvalue weighted by molar-refractivity contribution is 0.400. The second-order valence-electron chi connectivity index (χ2n) is 4.55. The zero-order valence-electron chi connectivity index (χ0n) is 11.5. The molecule has 0 aliphatic carbocycles. The third-order valence-electron chi connectivity index (χ3n) is 2.80. The van der Waals surface area contributed by atoms with Crippen LogP contribution in [0.5, 0.6) is 17.2 Å². The van der Waals surface area contributed by atoms with Crippen molar-refractivity contribution in [2.24, 2.45) is 0 Å². The van der Waals surface area contributed by atoms with Crippen LogP contribution >= 0.6 is 18.2 Å². The van der Waals surface area contributed by atoms with E-state index in [0.29, 0.717) is 27.4 Å². The van der Waals surface area contributed by atoms with E-state index in [1.807, 2.05) is 0 Å². The second-order valence-corrected chi connectivity index (χ2v) is 8.25. The number of hydrogen-bond acceptors (Lipinski definition) is 5. The predicted octanol–water partition coefficient (Wildman–Crippen LogP) is 3.99. The first-order chi connectivity index (χ1) is 9.77. The molecule has 0 amide bonds. The molecule has 1 unspecified atom stereocenters. The Balaban J connectivity index is 2.15. The lowest BCUT2D eigenvalue weighted by atomic mass is 10.2. The number of phenols is 2. The molecule has 112 valence electrons. The van der Waals surface area contributed by atoms with E-state index in [9.17, 15) is 19.7 Å². The largest absolute Gasteiger partial charge is 0.508 e. The minimum atomic E-state index is -4.01. The van der Waals surface area contributed by atoms with Crippen LogP contribution < -0.4 is 4.52 Å². The lowest BCUT2D eigenvalue weighted by Gasteiger charge is -2.13. The summed E-state index contributed by atoms with van der Waals surface area (Å²) in [5, 5.41) is 19.2. The molecule has 0 fully saturated rings. The fourth-order valence-electron chi connectivity index (χ4n) is 1.58. The Morgan fingerprint density at radius 3 is 2.14 bits per heavy atom. The third-order valence-corrected chi connectivity index (χ3v) is 5.49. The number of hydrogen-bond donors (Lipinski definition) is 3. The Kier molecular flexibility index (Phi) is 4.52. The maximum Gasteiger partial charge on any atom is 0.442 e. The topological polar surface area (TPSA) is 87.0 Å². The molecular formula is C14H15O5PS. The first-order valence-electron chi connectivity index (χ1n) is 6.08. The van der Waals surface area contributed by atoms with E-state index in [1.54, 1.807) is 32.0 Å². The third kappa shape index (κ3) is 4.17. The summed E-state index contributed by atoms with van der Waals surface area (Å²) >= 11 is 0.621. The highest BCUT2D eigenvalue weighted by atomic mass is 32.7. The quantitative estimate of drug-likeness (QED) is 0.737. The van der Waals surface area contributed by atoms with Crippen molar-refractivity contribution in [3.8, 4) is 17.2 Å². The van der Waals surface area contributed by atoms with Crippen molar-refractivity contribution in [2.75, 3.05) is 0 Å². The maximum absolute atomic E-state index is 12.1. The van der Waals surface area contributed by atoms with E-state index in [2.05, 4.69) is 0 Å². The molecule has 0 saturated heterocycles. The smallest absolute Gasteiger partial charge is 0.442 e. The van der Waals surface area contributed by atoms with E-state index >= 15 is 0 Å². The Morgan fingerprint density at radius 1 is 1.00 bits per heavy atom. The monoisotopic (exact) mass is 326 g/mol. The molecule has 0 aromatic heterocycles. The molecule has 0 bridgehead atoms. The Labute approximate surface area is 126 Å². The molecule has 2 aromatic rings. The highest BCUT2D eigenvalue weighted by molar-refractivity contribution is 8.54. The summed E-state index contributed by atoms with van der Waals surface area (Å²) in [7, 11) is 0. The van der Waals surface area contributed by atoms with Crippen molar-refractivity contribution < 1.29 is 24.2 Å². The molecular weight excluding hydrogens is 311 g/mol. The summed E-state index contributed by atoms with van der Waals surface area (Å²) < 4.78 is 17.1. The summed E-state index contributed by atoms with van der Waals surface area (Å²) in [5.41, 5.74) is 1.32. The van der Waals surface area contributed by atoms with Gasteiger partial charge in [0.25, 0.3) is 0 Å². The minimum Gasteiger partial charge on any atom is -0.508 e. The molecule has 0 heterocycles. The minimum absolute atomic E-state index is 0.00881. The van der Waals surface area contributed by atoms with Crippen LogP contribution in [0.2, 0.25) is 0 Å². The summed E-state index contributed by atoms with van der Waals surface area (Å²) in [6.45, 7) is -0.572. The van der Waals surface area contributed by atoms with Crippen molar-refractivity contribution in [1.82, 2.24) is 0 Å². The number of benzene rings is 2. The summed E-state index contributed by atoms with van der Waals surface area (Å²) in [6, 6.07) is 9.05. The van der Waals surface area contributed by atoms with Crippen molar-refractivity contribution in [3.05, 3.63) is 47.5 Å². The van der Waals surface area contributed by atoms with E-state index < -0.39 is 6.80 Å². The highest BCUT2D eigenvalue weighted by Gasteiger charge is 2.24. The molecule has 0 spiro atoms. The maximum atomic E-state index is 12.1. The molecule has 0 saturated carbocycles. The summed E-state index contributed by atoms with van der Waals surface area (Å²) in [6.07, 6.45) is 0. The number of rotatable bonds is 4. The molecule has 2 aromatic carbocycles. The van der Waals surface area contributed by atoms with E-state index in [4.69, 9.17) is 4.52 Å². The number of aryl methyl sites for hydroxylation is 2. The van der Waals surface area contributed by atoms with Gasteiger partial charge in [0.2, 0.25) is 0 Å². The van der Waals surface area contributed by atoms with Gasteiger partial charge in [-0.25, -0.2) is 4.57 Å². The predicted molar refractivity (Wildman–Crippen MR) is 82.0 cm³/mol. The SMILES string of the molecule is Cc1ccc(OP(=O)(O)Sc2ccc(C)c(O)c2)cc1O. The molecule has 3 N–H and O–H groups in total. The van der Waals surface area contributed by atoms with Gasteiger partial charge < -0.3 is 19.6 Å². The van der Waals surface area contributed by atoms with Gasteiger partial charge in [0, 0.05) is 22.3 Å². The first-order valence-corrected chi connectivity index (χ1v) is 9.08. The van der Waals surface area contributed by atoms with Crippen molar-refractivity contribution in [2.45, 2.75) is 18.7 Å². The molecule has 0 aliphatic heterocycles. The van der Waals surface area contributed by atoms with Gasteiger partial charge >= 0.3 is 6.80 Å². The van der Waals surface area contributed by atoms with Gasteiger partial charge in [0.05, 0.1) is 0 Å². The molecule has 21 heavy (non-hydrogen) atoms. The summed E-state index contributed by atoms with van der Waals surface area (Å²) in [4.78, 5) is 10.3. The average molecular weight is 326 g/mol. The van der Waals surface area contributed by atoms with Gasteiger partial charge in [0.15, 0.2) is 0 Å². The first kappa shape index (κ1) is 15.8. The van der Waals surface area contributed by atoms with Gasteiger partial charge in [-0.2, -0.15) is 0 Å². The molecule has 7 heteroatoms. The molecule has 0 radical (unpaired) electrons. The van der Waals surface area contributed by atoms with Gasteiger partial charge in [-0.05, 0) is 43.2 Å². The second kappa shape index (κ2) is 6.02. The Bertz CT molecular complexity index is 659. The number of aromatic hydroxyl groups is 2. The van der Waals surface area contributed by atoms with Crippen molar-refractivity contribution in [1.29, 1.82) is 0 Å². The van der Waals surface area contributed by atoms with Crippen LogP contribution in [-0.4, -0.2) is 15.1 Å². The molecule has 2 rings (SSSR count). The van der Waals surface area contributed by atoms with Gasteiger partial charge in [-0.1, -0.05) is 12.1 Å².